The van der Waals surface area contributed by atoms with Gasteiger partial charge < -0.3 is 0 Å². The van der Waals surface area contributed by atoms with Gasteiger partial charge in [-0.25, -0.2) is 0 Å². The zero-order valence-corrected chi connectivity index (χ0v) is 25.1. The molecule has 0 atom stereocenters. The van der Waals surface area contributed by atoms with E-state index in [1.165, 1.54) is 52.7 Å². The monoisotopic (exact) mass is 584 g/mol. The summed E-state index contributed by atoms with van der Waals surface area (Å²) in [6.45, 7) is 0. The fourth-order valence-corrected chi connectivity index (χ4v) is 12.8. The van der Waals surface area contributed by atoms with Gasteiger partial charge in [0.15, 0.2) is 0 Å². The Kier molecular flexibility index (Phi) is 7.60. The van der Waals surface area contributed by atoms with E-state index in [-0.39, 0.29) is 0 Å². The molecular weight excluding hydrogens is 558 g/mol. The van der Waals surface area contributed by atoms with Gasteiger partial charge in [-0.05, 0) is 59.8 Å². The van der Waals surface area contributed by atoms with E-state index < -0.39 is 15.8 Å². The molecule has 0 aliphatic carbocycles. The normalized spacial score (nSPS) is 12.2. The van der Waals surface area contributed by atoms with E-state index in [4.69, 9.17) is 0 Å². The van der Waals surface area contributed by atoms with Gasteiger partial charge >= 0.3 is 0 Å². The lowest BCUT2D eigenvalue weighted by atomic mass is 10.1. The zero-order valence-electron chi connectivity index (χ0n) is 21.7. The molecule has 0 radical (unpaired) electrons. The van der Waals surface area contributed by atoms with Gasteiger partial charge in [0, 0.05) is 20.9 Å². The molecule has 0 nitrogen and oxygen atoms in total. The summed E-state index contributed by atoms with van der Waals surface area (Å²) in [6, 6.07) is 58.2. The molecule has 0 amide bonds. The van der Waals surface area contributed by atoms with Crippen molar-refractivity contribution in [2.45, 2.75) is 9.79 Å². The summed E-state index contributed by atoms with van der Waals surface area (Å²) in [5, 5.41) is 8.39. The Morgan fingerprint density at radius 3 is 0.900 bits per heavy atom. The fourth-order valence-electron chi connectivity index (χ4n) is 5.31. The maximum Gasteiger partial charge on any atom is 0.0272 e. The van der Waals surface area contributed by atoms with Crippen LogP contribution in [0.1, 0.15) is 0 Å². The number of fused-ring (bicyclic) bond motifs is 3. The van der Waals surface area contributed by atoms with Crippen LogP contribution in [0.4, 0.5) is 0 Å². The van der Waals surface area contributed by atoms with E-state index in [1.54, 1.807) is 0 Å². The van der Waals surface area contributed by atoms with Crippen LogP contribution in [-0.4, -0.2) is 0 Å². The van der Waals surface area contributed by atoms with Crippen LogP contribution in [0.2, 0.25) is 0 Å². The summed E-state index contributed by atoms with van der Waals surface area (Å²) in [5.41, 5.74) is 2.82. The highest BCUT2D eigenvalue weighted by atomic mass is 33.1. The summed E-state index contributed by atoms with van der Waals surface area (Å²) in [4.78, 5) is 2.72. The Balaban J connectivity index is 1.51. The van der Waals surface area contributed by atoms with E-state index in [0.29, 0.717) is 0 Å². The summed E-state index contributed by atoms with van der Waals surface area (Å²) >= 11 is 0. The van der Waals surface area contributed by atoms with Crippen LogP contribution < -0.4 is 31.8 Å². The molecule has 0 aromatic heterocycles. The van der Waals surface area contributed by atoms with Gasteiger partial charge in [-0.1, -0.05) is 167 Å². The molecule has 1 aliphatic heterocycles. The molecule has 1 heterocycles. The minimum atomic E-state index is -0.741. The Hall–Kier alpha value is -3.12. The molecule has 6 aromatic rings. The second-order valence-electron chi connectivity index (χ2n) is 9.48. The number of benzene rings is 6. The Morgan fingerprint density at radius 1 is 0.300 bits per heavy atom. The Morgan fingerprint density at radius 2 is 0.600 bits per heavy atom. The van der Waals surface area contributed by atoms with Crippen molar-refractivity contribution < 1.29 is 0 Å². The fraction of sp³-hybridized carbons (Fsp3) is 0. The summed E-state index contributed by atoms with van der Waals surface area (Å²) in [5.74, 6) is 0. The summed E-state index contributed by atoms with van der Waals surface area (Å²) < 4.78 is 0. The quantitative estimate of drug-likeness (QED) is 0.144. The van der Waals surface area contributed by atoms with Gasteiger partial charge in [-0.15, -0.1) is 0 Å². The molecule has 0 spiro atoms. The standard InChI is InChI=1S/C36H26P2S2/c1-5-15-27(16-6-1)37(28-17-7-2-8-18-28)31-23-13-25-33-35(31)36-32(24-14-26-34(36)40-39-33)38(29-19-9-3-10-20-29)30-21-11-4-12-22-30/h1-26H. The van der Waals surface area contributed by atoms with Crippen LogP contribution in [-0.2, 0) is 0 Å². The molecule has 1 aliphatic rings. The molecule has 0 unspecified atom stereocenters. The van der Waals surface area contributed by atoms with Crippen molar-refractivity contribution in [2.75, 3.05) is 0 Å². The molecule has 192 valence electrons. The largest absolute Gasteiger partial charge is 0.0622 e. The molecule has 0 saturated heterocycles. The van der Waals surface area contributed by atoms with Crippen molar-refractivity contribution in [3.63, 3.8) is 0 Å². The smallest absolute Gasteiger partial charge is 0.0272 e. The predicted octanol–water partition coefficient (Wildman–Crippen LogP) is 7.98. The van der Waals surface area contributed by atoms with Gasteiger partial charge in [0.1, 0.15) is 0 Å². The first kappa shape index (κ1) is 25.8. The van der Waals surface area contributed by atoms with Crippen molar-refractivity contribution in [3.8, 4) is 11.1 Å². The van der Waals surface area contributed by atoms with Crippen LogP contribution in [0.5, 0.6) is 0 Å². The average molecular weight is 585 g/mol. The molecule has 0 N–H and O–H groups in total. The third kappa shape index (κ3) is 4.96. The molecule has 0 fully saturated rings. The lowest BCUT2D eigenvalue weighted by molar-refractivity contribution is 1.41. The van der Waals surface area contributed by atoms with Gasteiger partial charge in [-0.3, -0.25) is 0 Å². The number of rotatable bonds is 6. The van der Waals surface area contributed by atoms with E-state index in [1.807, 2.05) is 21.6 Å². The molecule has 0 bridgehead atoms. The third-order valence-corrected chi connectivity index (χ3v) is 14.4. The van der Waals surface area contributed by atoms with E-state index in [9.17, 15) is 0 Å². The topological polar surface area (TPSA) is 0 Å². The van der Waals surface area contributed by atoms with E-state index >= 15 is 0 Å². The van der Waals surface area contributed by atoms with Crippen LogP contribution in [0, 0.1) is 0 Å². The second-order valence-corrected chi connectivity index (χ2v) is 16.1. The van der Waals surface area contributed by atoms with Crippen molar-refractivity contribution in [1.82, 2.24) is 0 Å². The summed E-state index contributed by atoms with van der Waals surface area (Å²) in [7, 11) is 2.32. The van der Waals surface area contributed by atoms with Crippen molar-refractivity contribution in [1.29, 1.82) is 0 Å². The first-order valence-electron chi connectivity index (χ1n) is 13.3. The first-order chi connectivity index (χ1) is 19.9. The van der Waals surface area contributed by atoms with E-state index in [0.717, 1.165) is 0 Å². The van der Waals surface area contributed by atoms with E-state index in [2.05, 4.69) is 158 Å². The second kappa shape index (κ2) is 11.8. The van der Waals surface area contributed by atoms with Gasteiger partial charge in [0.05, 0.1) is 0 Å². The maximum absolute atomic E-state index is 2.38. The number of hydrogen-bond donors (Lipinski definition) is 0. The van der Waals surface area contributed by atoms with Crippen LogP contribution in [0.3, 0.4) is 0 Å². The molecule has 4 heteroatoms. The SMILES string of the molecule is c1ccc(P(c2ccccc2)c2cccc3c2-c2c(cccc2P(c2ccccc2)c2ccccc2)SS3)cc1. The van der Waals surface area contributed by atoms with Crippen LogP contribution in [0.15, 0.2) is 168 Å². The summed E-state index contributed by atoms with van der Waals surface area (Å²) in [6.07, 6.45) is 0. The highest BCUT2D eigenvalue weighted by molar-refractivity contribution is 8.76. The minimum Gasteiger partial charge on any atom is -0.0622 e. The van der Waals surface area contributed by atoms with Gasteiger partial charge in [0.2, 0.25) is 0 Å². The maximum atomic E-state index is 2.38. The zero-order chi connectivity index (χ0) is 26.7. The highest BCUT2D eigenvalue weighted by Crippen LogP contribution is 2.54. The Labute approximate surface area is 246 Å². The lowest BCUT2D eigenvalue weighted by Gasteiger charge is -2.30. The molecular formula is C36H26P2S2. The van der Waals surface area contributed by atoms with Crippen molar-refractivity contribution in [3.05, 3.63) is 158 Å². The van der Waals surface area contributed by atoms with Crippen LogP contribution in [0.25, 0.3) is 11.1 Å². The Bertz CT molecular complexity index is 1530. The van der Waals surface area contributed by atoms with Gasteiger partial charge in [-0.2, -0.15) is 0 Å². The van der Waals surface area contributed by atoms with Crippen LogP contribution >= 0.6 is 37.4 Å². The predicted molar refractivity (Wildman–Crippen MR) is 181 cm³/mol. The third-order valence-electron chi connectivity index (χ3n) is 7.02. The molecule has 40 heavy (non-hydrogen) atoms. The highest BCUT2D eigenvalue weighted by Gasteiger charge is 2.31. The molecule has 0 saturated carbocycles. The molecule has 7 rings (SSSR count). The van der Waals surface area contributed by atoms with Crippen molar-refractivity contribution >= 4 is 69.3 Å². The van der Waals surface area contributed by atoms with Gasteiger partial charge in [0.25, 0.3) is 0 Å². The average Bonchev–Trinajstić information content (AvgIpc) is 3.03. The van der Waals surface area contributed by atoms with Crippen molar-refractivity contribution in [2.24, 2.45) is 0 Å². The minimum absolute atomic E-state index is 0.741. The first-order valence-corrected chi connectivity index (χ1v) is 18.1. The number of hydrogen-bond acceptors (Lipinski definition) is 2. The lowest BCUT2D eigenvalue weighted by Crippen LogP contribution is -2.27. The molecule has 6 aromatic carbocycles.